The highest BCUT2D eigenvalue weighted by molar-refractivity contribution is 5.78. The molecule has 0 aliphatic carbocycles. The van der Waals surface area contributed by atoms with Crippen molar-refractivity contribution >= 4 is 16.8 Å². The van der Waals surface area contributed by atoms with E-state index in [1.54, 1.807) is 12.1 Å². The zero-order chi connectivity index (χ0) is 20.9. The Balaban J connectivity index is 1.37. The lowest BCUT2D eigenvalue weighted by Crippen LogP contribution is -2.29. The maximum absolute atomic E-state index is 12.5. The van der Waals surface area contributed by atoms with E-state index in [2.05, 4.69) is 34.6 Å². The molecule has 1 atom stereocenters. The largest absolute Gasteiger partial charge is 0.350 e. The third kappa shape index (κ3) is 4.30. The lowest BCUT2D eigenvalue weighted by molar-refractivity contribution is -0.121. The first-order valence-electron chi connectivity index (χ1n) is 10.0. The summed E-state index contributed by atoms with van der Waals surface area (Å²) in [6.45, 7) is 2.25. The highest BCUT2D eigenvalue weighted by atomic mass is 16.2. The van der Waals surface area contributed by atoms with Gasteiger partial charge in [0, 0.05) is 13.0 Å². The van der Waals surface area contributed by atoms with Gasteiger partial charge in [-0.2, -0.15) is 0 Å². The van der Waals surface area contributed by atoms with Gasteiger partial charge in [0.05, 0.1) is 23.3 Å². The van der Waals surface area contributed by atoms with Crippen LogP contribution < -0.4 is 10.9 Å². The second kappa shape index (κ2) is 8.74. The summed E-state index contributed by atoms with van der Waals surface area (Å²) in [6, 6.07) is 25.5. The average Bonchev–Trinajstić information content (AvgIpc) is 2.79. The summed E-state index contributed by atoms with van der Waals surface area (Å²) in [4.78, 5) is 29.2. The first kappa shape index (κ1) is 19.6. The predicted octanol–water partition coefficient (Wildman–Crippen LogP) is 4.33. The number of hydrogen-bond acceptors (Lipinski definition) is 3. The number of nitrogens with one attached hydrogen (secondary N) is 1. The molecule has 1 N–H and O–H groups in total. The van der Waals surface area contributed by atoms with Gasteiger partial charge in [-0.15, -0.1) is 0 Å². The summed E-state index contributed by atoms with van der Waals surface area (Å²) >= 11 is 0. The number of fused-ring (bicyclic) bond motifs is 1. The molecular weight excluding hydrogens is 374 g/mol. The molecule has 5 heteroatoms. The Hall–Kier alpha value is -3.73. The van der Waals surface area contributed by atoms with Crippen LogP contribution in [-0.2, 0) is 11.3 Å². The third-order valence-corrected chi connectivity index (χ3v) is 5.21. The van der Waals surface area contributed by atoms with E-state index >= 15 is 0 Å². The van der Waals surface area contributed by atoms with Gasteiger partial charge >= 0.3 is 0 Å². The zero-order valence-electron chi connectivity index (χ0n) is 16.8. The highest BCUT2D eigenvalue weighted by Gasteiger charge is 2.11. The van der Waals surface area contributed by atoms with Crippen molar-refractivity contribution in [2.45, 2.75) is 25.9 Å². The minimum atomic E-state index is -0.127. The quantitative estimate of drug-likeness (QED) is 0.527. The van der Waals surface area contributed by atoms with E-state index in [0.717, 1.165) is 16.7 Å². The molecule has 150 valence electrons. The fourth-order valence-corrected chi connectivity index (χ4v) is 3.48. The second-order valence-corrected chi connectivity index (χ2v) is 7.29. The molecule has 1 heterocycles. The van der Waals surface area contributed by atoms with Crippen molar-refractivity contribution in [1.82, 2.24) is 14.9 Å². The Labute approximate surface area is 175 Å². The van der Waals surface area contributed by atoms with Gasteiger partial charge in [0.15, 0.2) is 0 Å². The first-order valence-corrected chi connectivity index (χ1v) is 10.0. The van der Waals surface area contributed by atoms with Gasteiger partial charge in [-0.3, -0.25) is 14.2 Å². The lowest BCUT2D eigenvalue weighted by atomic mass is 10.0. The molecule has 30 heavy (non-hydrogen) atoms. The maximum Gasteiger partial charge on any atom is 0.261 e. The van der Waals surface area contributed by atoms with Crippen LogP contribution in [0.4, 0.5) is 0 Å². The molecule has 0 aliphatic rings. The molecule has 0 aliphatic heterocycles. The minimum Gasteiger partial charge on any atom is -0.350 e. The molecule has 4 rings (SSSR count). The van der Waals surface area contributed by atoms with E-state index in [1.807, 2.05) is 49.4 Å². The molecule has 0 saturated heterocycles. The van der Waals surface area contributed by atoms with Gasteiger partial charge in [-0.1, -0.05) is 66.7 Å². The highest BCUT2D eigenvalue weighted by Crippen LogP contribution is 2.21. The molecule has 1 unspecified atom stereocenters. The Morgan fingerprint density at radius 3 is 2.37 bits per heavy atom. The van der Waals surface area contributed by atoms with Crippen molar-refractivity contribution in [1.29, 1.82) is 0 Å². The molecule has 0 fully saturated rings. The maximum atomic E-state index is 12.5. The van der Waals surface area contributed by atoms with Gasteiger partial charge in [-0.25, -0.2) is 4.98 Å². The number of rotatable bonds is 6. The van der Waals surface area contributed by atoms with Crippen molar-refractivity contribution in [3.8, 4) is 11.1 Å². The van der Waals surface area contributed by atoms with Crippen LogP contribution in [-0.4, -0.2) is 15.5 Å². The normalized spacial score (nSPS) is 11.9. The van der Waals surface area contributed by atoms with E-state index in [1.165, 1.54) is 10.9 Å². The Morgan fingerprint density at radius 2 is 1.60 bits per heavy atom. The average molecular weight is 397 g/mol. The predicted molar refractivity (Wildman–Crippen MR) is 119 cm³/mol. The summed E-state index contributed by atoms with van der Waals surface area (Å²) in [7, 11) is 0. The van der Waals surface area contributed by atoms with Crippen molar-refractivity contribution in [2.24, 2.45) is 0 Å². The number of nitrogens with zero attached hydrogens (tertiary/aromatic N) is 2. The van der Waals surface area contributed by atoms with E-state index in [0.29, 0.717) is 17.4 Å². The van der Waals surface area contributed by atoms with Crippen LogP contribution in [0.5, 0.6) is 0 Å². The Bertz CT molecular complexity index is 1210. The topological polar surface area (TPSA) is 64.0 Å². The van der Waals surface area contributed by atoms with Gasteiger partial charge < -0.3 is 5.32 Å². The van der Waals surface area contributed by atoms with Crippen molar-refractivity contribution < 1.29 is 4.79 Å². The SMILES string of the molecule is CC(NC(=O)CCn1cnc2ccccc2c1=O)c1ccc(-c2ccccc2)cc1. The molecule has 1 amide bonds. The van der Waals surface area contributed by atoms with E-state index in [-0.39, 0.29) is 23.9 Å². The smallest absolute Gasteiger partial charge is 0.261 e. The summed E-state index contributed by atoms with van der Waals surface area (Å²) in [6.07, 6.45) is 1.72. The van der Waals surface area contributed by atoms with Crippen LogP contribution in [0.2, 0.25) is 0 Å². The number of aryl methyl sites for hydroxylation is 1. The minimum absolute atomic E-state index is 0.102. The number of aromatic nitrogens is 2. The second-order valence-electron chi connectivity index (χ2n) is 7.29. The number of para-hydroxylation sites is 1. The summed E-state index contributed by atoms with van der Waals surface area (Å²) < 4.78 is 1.49. The number of carbonyl (C=O) groups is 1. The van der Waals surface area contributed by atoms with E-state index in [4.69, 9.17) is 0 Å². The van der Waals surface area contributed by atoms with E-state index < -0.39 is 0 Å². The number of hydrogen-bond donors (Lipinski definition) is 1. The van der Waals surface area contributed by atoms with Crippen LogP contribution in [0.1, 0.15) is 24.9 Å². The Morgan fingerprint density at radius 1 is 0.933 bits per heavy atom. The van der Waals surface area contributed by atoms with Gasteiger partial charge in [0.2, 0.25) is 5.91 Å². The zero-order valence-corrected chi connectivity index (χ0v) is 16.8. The van der Waals surface area contributed by atoms with Gasteiger partial charge in [-0.05, 0) is 35.7 Å². The summed E-state index contributed by atoms with van der Waals surface area (Å²) in [5, 5.41) is 3.57. The van der Waals surface area contributed by atoms with Crippen molar-refractivity contribution in [3.05, 3.63) is 101 Å². The van der Waals surface area contributed by atoms with Gasteiger partial charge in [0.25, 0.3) is 5.56 Å². The monoisotopic (exact) mass is 397 g/mol. The number of amides is 1. The van der Waals surface area contributed by atoms with Crippen LogP contribution in [0.25, 0.3) is 22.0 Å². The molecule has 3 aromatic carbocycles. The molecular formula is C25H23N3O2. The van der Waals surface area contributed by atoms with Crippen LogP contribution in [0.15, 0.2) is 90.0 Å². The Kier molecular flexibility index (Phi) is 5.70. The molecule has 0 saturated carbocycles. The lowest BCUT2D eigenvalue weighted by Gasteiger charge is -2.15. The van der Waals surface area contributed by atoms with Crippen molar-refractivity contribution in [2.75, 3.05) is 0 Å². The molecule has 5 nitrogen and oxygen atoms in total. The molecule has 1 aromatic heterocycles. The van der Waals surface area contributed by atoms with Crippen molar-refractivity contribution in [3.63, 3.8) is 0 Å². The van der Waals surface area contributed by atoms with Crippen LogP contribution >= 0.6 is 0 Å². The van der Waals surface area contributed by atoms with Crippen LogP contribution in [0, 0.1) is 0 Å². The summed E-state index contributed by atoms with van der Waals surface area (Å²) in [5.41, 5.74) is 3.87. The fourth-order valence-electron chi connectivity index (χ4n) is 3.48. The van der Waals surface area contributed by atoms with E-state index in [9.17, 15) is 9.59 Å². The molecule has 0 radical (unpaired) electrons. The molecule has 4 aromatic rings. The molecule has 0 spiro atoms. The number of benzene rings is 3. The fraction of sp³-hybridized carbons (Fsp3) is 0.160. The van der Waals surface area contributed by atoms with Gasteiger partial charge in [0.1, 0.15) is 0 Å². The summed E-state index contributed by atoms with van der Waals surface area (Å²) in [5.74, 6) is -0.102. The first-order chi connectivity index (χ1) is 14.6. The van der Waals surface area contributed by atoms with Crippen LogP contribution in [0.3, 0.4) is 0 Å². The standard InChI is InChI=1S/C25H23N3O2/c1-18(19-11-13-21(14-12-19)20-7-3-2-4-8-20)27-24(29)15-16-28-17-26-23-10-6-5-9-22(23)25(28)30/h2-14,17-18H,15-16H2,1H3,(H,27,29). The molecule has 0 bridgehead atoms. The third-order valence-electron chi connectivity index (χ3n) is 5.21. The number of carbonyl (C=O) groups excluding carboxylic acids is 1.